The average Bonchev–Trinajstić information content (AvgIpc) is 2.14. The largest absolute Gasteiger partial charge is 0.303 e. The third kappa shape index (κ3) is 3.50. The molecule has 13 heavy (non-hydrogen) atoms. The minimum absolute atomic E-state index is 0.328. The van der Waals surface area contributed by atoms with Gasteiger partial charge in [-0.3, -0.25) is 0 Å². The van der Waals surface area contributed by atoms with E-state index < -0.39 is 0 Å². The SMILES string of the molecule is CC.C[C@H]1CC(C=O)[C@@H](C)[C@@H](C)C1. The van der Waals surface area contributed by atoms with Gasteiger partial charge in [0.15, 0.2) is 0 Å². The molecule has 0 N–H and O–H groups in total. The van der Waals surface area contributed by atoms with E-state index in [1.54, 1.807) is 0 Å². The van der Waals surface area contributed by atoms with Gasteiger partial charge in [-0.15, -0.1) is 0 Å². The Hall–Kier alpha value is -0.330. The van der Waals surface area contributed by atoms with Gasteiger partial charge >= 0.3 is 0 Å². The van der Waals surface area contributed by atoms with Crippen LogP contribution >= 0.6 is 0 Å². The third-order valence-electron chi connectivity index (χ3n) is 3.20. The van der Waals surface area contributed by atoms with Gasteiger partial charge in [-0.2, -0.15) is 0 Å². The van der Waals surface area contributed by atoms with Crippen molar-refractivity contribution >= 4 is 6.29 Å². The fraction of sp³-hybridized carbons (Fsp3) is 0.917. The monoisotopic (exact) mass is 184 g/mol. The van der Waals surface area contributed by atoms with E-state index in [1.165, 1.54) is 6.42 Å². The maximum atomic E-state index is 10.7. The highest BCUT2D eigenvalue weighted by molar-refractivity contribution is 5.54. The van der Waals surface area contributed by atoms with Gasteiger partial charge < -0.3 is 4.79 Å². The van der Waals surface area contributed by atoms with Gasteiger partial charge in [0.2, 0.25) is 0 Å². The van der Waals surface area contributed by atoms with Crippen molar-refractivity contribution in [2.45, 2.75) is 47.5 Å². The number of hydrogen-bond acceptors (Lipinski definition) is 1. The predicted molar refractivity (Wildman–Crippen MR) is 57.6 cm³/mol. The van der Waals surface area contributed by atoms with Gasteiger partial charge in [0.05, 0.1) is 0 Å². The molecule has 0 spiro atoms. The zero-order chi connectivity index (χ0) is 10.4. The molecule has 0 aliphatic heterocycles. The topological polar surface area (TPSA) is 17.1 Å². The second-order valence-electron chi connectivity index (χ2n) is 4.21. The molecule has 1 unspecified atom stereocenters. The second-order valence-corrected chi connectivity index (χ2v) is 4.21. The minimum Gasteiger partial charge on any atom is -0.303 e. The Balaban J connectivity index is 0.000000671. The molecule has 1 aliphatic rings. The Labute approximate surface area is 82.9 Å². The van der Waals surface area contributed by atoms with Crippen molar-refractivity contribution in [2.24, 2.45) is 23.7 Å². The van der Waals surface area contributed by atoms with Crippen LogP contribution in [0.1, 0.15) is 47.5 Å². The Bertz CT molecular complexity index is 142. The molecule has 1 saturated carbocycles. The molecule has 0 radical (unpaired) electrons. The maximum absolute atomic E-state index is 10.7. The maximum Gasteiger partial charge on any atom is 0.123 e. The minimum atomic E-state index is 0.328. The van der Waals surface area contributed by atoms with Crippen LogP contribution in [0.4, 0.5) is 0 Å². The van der Waals surface area contributed by atoms with Crippen LogP contribution in [0.5, 0.6) is 0 Å². The van der Waals surface area contributed by atoms with Crippen molar-refractivity contribution in [1.82, 2.24) is 0 Å². The van der Waals surface area contributed by atoms with Crippen LogP contribution in [0.3, 0.4) is 0 Å². The highest BCUT2D eigenvalue weighted by atomic mass is 16.1. The summed E-state index contributed by atoms with van der Waals surface area (Å²) in [5.74, 6) is 2.41. The standard InChI is InChI=1S/C10H18O.C2H6/c1-7-4-8(2)9(3)10(5-7)6-11;1-2/h6-10H,4-5H2,1-3H3;1-2H3/t7-,8+,9+,10?;/m1./s1. The Morgan fingerprint density at radius 3 is 2.08 bits per heavy atom. The van der Waals surface area contributed by atoms with Crippen molar-refractivity contribution in [1.29, 1.82) is 0 Å². The molecule has 78 valence electrons. The predicted octanol–water partition coefficient (Wildman–Crippen LogP) is 3.53. The van der Waals surface area contributed by atoms with E-state index in [0.29, 0.717) is 11.8 Å². The van der Waals surface area contributed by atoms with E-state index in [0.717, 1.165) is 24.5 Å². The lowest BCUT2D eigenvalue weighted by Crippen LogP contribution is -2.29. The number of hydrogen-bond donors (Lipinski definition) is 0. The van der Waals surface area contributed by atoms with Crippen LogP contribution in [0.15, 0.2) is 0 Å². The molecule has 0 aromatic heterocycles. The molecule has 1 heteroatoms. The Kier molecular flexibility index (Phi) is 6.02. The highest BCUT2D eigenvalue weighted by Crippen LogP contribution is 2.36. The highest BCUT2D eigenvalue weighted by Gasteiger charge is 2.30. The molecule has 1 nitrogen and oxygen atoms in total. The zero-order valence-electron chi connectivity index (χ0n) is 9.71. The van der Waals surface area contributed by atoms with E-state index in [4.69, 9.17) is 0 Å². The number of carbonyl (C=O) groups is 1. The lowest BCUT2D eigenvalue weighted by molar-refractivity contribution is -0.114. The van der Waals surface area contributed by atoms with Crippen molar-refractivity contribution in [3.8, 4) is 0 Å². The van der Waals surface area contributed by atoms with Gasteiger partial charge in [0.25, 0.3) is 0 Å². The summed E-state index contributed by atoms with van der Waals surface area (Å²) in [5.41, 5.74) is 0. The summed E-state index contributed by atoms with van der Waals surface area (Å²) in [6, 6.07) is 0. The first kappa shape index (κ1) is 12.7. The molecule has 0 aromatic carbocycles. The summed E-state index contributed by atoms with van der Waals surface area (Å²) in [7, 11) is 0. The van der Waals surface area contributed by atoms with Gasteiger partial charge in [0, 0.05) is 5.92 Å². The van der Waals surface area contributed by atoms with Crippen molar-refractivity contribution < 1.29 is 4.79 Å². The first-order valence-corrected chi connectivity index (χ1v) is 5.60. The second kappa shape index (κ2) is 6.17. The van der Waals surface area contributed by atoms with Gasteiger partial charge in [-0.25, -0.2) is 0 Å². The molecule has 4 atom stereocenters. The molecule has 0 saturated heterocycles. The first-order chi connectivity index (χ1) is 6.15. The van der Waals surface area contributed by atoms with Crippen molar-refractivity contribution in [2.75, 3.05) is 0 Å². The van der Waals surface area contributed by atoms with Crippen LogP contribution in [0.2, 0.25) is 0 Å². The Morgan fingerprint density at radius 2 is 1.62 bits per heavy atom. The summed E-state index contributed by atoms with van der Waals surface area (Å²) >= 11 is 0. The van der Waals surface area contributed by atoms with Crippen LogP contribution in [0, 0.1) is 23.7 Å². The fourth-order valence-electron chi connectivity index (χ4n) is 2.23. The van der Waals surface area contributed by atoms with E-state index in [9.17, 15) is 4.79 Å². The first-order valence-electron chi connectivity index (χ1n) is 5.60. The summed E-state index contributed by atoms with van der Waals surface area (Å²) in [6.45, 7) is 10.7. The van der Waals surface area contributed by atoms with E-state index in [2.05, 4.69) is 20.8 Å². The van der Waals surface area contributed by atoms with Gasteiger partial charge in [-0.1, -0.05) is 34.6 Å². The Morgan fingerprint density at radius 1 is 1.08 bits per heavy atom. The summed E-state index contributed by atoms with van der Waals surface area (Å²) in [5, 5.41) is 0. The molecule has 0 heterocycles. The van der Waals surface area contributed by atoms with Gasteiger partial charge in [0.1, 0.15) is 6.29 Å². The average molecular weight is 184 g/mol. The molecule has 0 bridgehead atoms. The van der Waals surface area contributed by atoms with Crippen LogP contribution in [-0.2, 0) is 4.79 Å². The number of aldehydes is 1. The molecular formula is C12H24O. The van der Waals surface area contributed by atoms with Gasteiger partial charge in [-0.05, 0) is 30.6 Å². The van der Waals surface area contributed by atoms with E-state index in [-0.39, 0.29) is 0 Å². The summed E-state index contributed by atoms with van der Waals surface area (Å²) < 4.78 is 0. The molecule has 0 amide bonds. The van der Waals surface area contributed by atoms with E-state index >= 15 is 0 Å². The molecule has 0 aromatic rings. The fourth-order valence-corrected chi connectivity index (χ4v) is 2.23. The lowest BCUT2D eigenvalue weighted by atomic mass is 9.70. The quantitative estimate of drug-likeness (QED) is 0.570. The normalized spacial score (nSPS) is 38.8. The zero-order valence-corrected chi connectivity index (χ0v) is 9.71. The van der Waals surface area contributed by atoms with Crippen LogP contribution < -0.4 is 0 Å². The summed E-state index contributed by atoms with van der Waals surface area (Å²) in [6.07, 6.45) is 3.55. The number of rotatable bonds is 1. The van der Waals surface area contributed by atoms with Crippen LogP contribution in [0.25, 0.3) is 0 Å². The molecule has 1 rings (SSSR count). The van der Waals surface area contributed by atoms with Crippen molar-refractivity contribution in [3.05, 3.63) is 0 Å². The molecule has 1 fully saturated rings. The molecule has 1 aliphatic carbocycles. The lowest BCUT2D eigenvalue weighted by Gasteiger charge is -2.34. The van der Waals surface area contributed by atoms with Crippen molar-refractivity contribution in [3.63, 3.8) is 0 Å². The van der Waals surface area contributed by atoms with Crippen LogP contribution in [-0.4, -0.2) is 6.29 Å². The summed E-state index contributed by atoms with van der Waals surface area (Å²) in [4.78, 5) is 10.7. The van der Waals surface area contributed by atoms with E-state index in [1.807, 2.05) is 13.8 Å². The third-order valence-corrected chi connectivity index (χ3v) is 3.20. The molecular weight excluding hydrogens is 160 g/mol. The smallest absolute Gasteiger partial charge is 0.123 e. The number of carbonyl (C=O) groups excluding carboxylic acids is 1.